The Morgan fingerprint density at radius 3 is 2.50 bits per heavy atom. The van der Waals surface area contributed by atoms with Crippen LogP contribution in [0, 0.1) is 0 Å². The number of benzene rings is 1. The van der Waals surface area contributed by atoms with Crippen molar-refractivity contribution in [2.75, 3.05) is 0 Å². The third kappa shape index (κ3) is 5.36. The molecule has 2 heteroatoms. The Morgan fingerprint density at radius 1 is 1.14 bits per heavy atom. The molecular formula is C20H28OSi. The highest BCUT2D eigenvalue weighted by Gasteiger charge is 2.20. The second kappa shape index (κ2) is 7.67. The van der Waals surface area contributed by atoms with Crippen LogP contribution in [0.1, 0.15) is 44.6 Å². The summed E-state index contributed by atoms with van der Waals surface area (Å²) in [5, 5.41) is 0. The fourth-order valence-electron chi connectivity index (χ4n) is 2.63. The van der Waals surface area contributed by atoms with Crippen LogP contribution in [0.4, 0.5) is 0 Å². The van der Waals surface area contributed by atoms with E-state index in [2.05, 4.69) is 68.7 Å². The van der Waals surface area contributed by atoms with Gasteiger partial charge in [-0.15, -0.1) is 5.73 Å². The Hall–Kier alpha value is -1.50. The van der Waals surface area contributed by atoms with Gasteiger partial charge in [-0.2, -0.15) is 0 Å². The molecule has 1 aromatic rings. The highest BCUT2D eigenvalue weighted by molar-refractivity contribution is 6.70. The van der Waals surface area contributed by atoms with Crippen molar-refractivity contribution in [2.24, 2.45) is 0 Å². The fourth-order valence-corrected chi connectivity index (χ4v) is 3.58. The van der Waals surface area contributed by atoms with Crippen molar-refractivity contribution < 1.29 is 4.43 Å². The normalized spacial score (nSPS) is 14.5. The van der Waals surface area contributed by atoms with Crippen molar-refractivity contribution in [3.05, 3.63) is 59.0 Å². The standard InChI is InChI=1S/C20H28OSi/c1-5-6-10-19(18-11-8-7-9-12-18)15-17-13-14-20(16-17)21-22(2,3)4/h7-9,11-12,16H,5-6,10,13-14H2,1-4H3. The van der Waals surface area contributed by atoms with Crippen molar-refractivity contribution >= 4 is 13.9 Å². The summed E-state index contributed by atoms with van der Waals surface area (Å²) in [6.45, 7) is 8.96. The quantitative estimate of drug-likeness (QED) is 0.441. The molecule has 0 N–H and O–H groups in total. The number of hydrogen-bond donors (Lipinski definition) is 0. The van der Waals surface area contributed by atoms with E-state index in [1.807, 2.05) is 0 Å². The summed E-state index contributed by atoms with van der Waals surface area (Å²) < 4.78 is 6.13. The van der Waals surface area contributed by atoms with Crippen molar-refractivity contribution in [1.82, 2.24) is 0 Å². The van der Waals surface area contributed by atoms with Gasteiger partial charge in [0.15, 0.2) is 0 Å². The highest BCUT2D eigenvalue weighted by atomic mass is 28.4. The summed E-state index contributed by atoms with van der Waals surface area (Å²) in [6, 6.07) is 10.7. The molecule has 1 aliphatic carbocycles. The van der Waals surface area contributed by atoms with Crippen molar-refractivity contribution in [3.8, 4) is 0 Å². The first-order chi connectivity index (χ1) is 10.5. The average Bonchev–Trinajstić information content (AvgIpc) is 2.89. The Balaban J connectivity index is 2.28. The third-order valence-corrected chi connectivity index (χ3v) is 4.50. The summed E-state index contributed by atoms with van der Waals surface area (Å²) in [4.78, 5) is 0. The molecule has 0 saturated carbocycles. The fraction of sp³-hybridized carbons (Fsp3) is 0.450. The maximum Gasteiger partial charge on any atom is 0.241 e. The Kier molecular flexibility index (Phi) is 5.88. The van der Waals surface area contributed by atoms with Gasteiger partial charge in [-0.3, -0.25) is 0 Å². The minimum atomic E-state index is -1.49. The lowest BCUT2D eigenvalue weighted by Crippen LogP contribution is -2.24. The van der Waals surface area contributed by atoms with Gasteiger partial charge < -0.3 is 4.43 Å². The van der Waals surface area contributed by atoms with Crippen molar-refractivity contribution in [3.63, 3.8) is 0 Å². The lowest BCUT2D eigenvalue weighted by atomic mass is 10.00. The molecule has 0 unspecified atom stereocenters. The van der Waals surface area contributed by atoms with Gasteiger partial charge in [-0.1, -0.05) is 43.7 Å². The van der Waals surface area contributed by atoms with Crippen LogP contribution in [0.25, 0.3) is 5.57 Å². The van der Waals surface area contributed by atoms with E-state index < -0.39 is 8.32 Å². The number of rotatable bonds is 6. The second-order valence-electron chi connectivity index (χ2n) is 6.92. The largest absolute Gasteiger partial charge is 0.547 e. The maximum atomic E-state index is 6.13. The molecule has 0 radical (unpaired) electrons. The van der Waals surface area contributed by atoms with Crippen molar-refractivity contribution in [2.45, 2.75) is 58.7 Å². The smallest absolute Gasteiger partial charge is 0.241 e. The Bertz CT molecular complexity index is 584. The van der Waals surface area contributed by atoms with E-state index in [9.17, 15) is 0 Å². The lowest BCUT2D eigenvalue weighted by Gasteiger charge is -2.19. The van der Waals surface area contributed by atoms with Crippen LogP contribution in [0.15, 0.2) is 53.5 Å². The summed E-state index contributed by atoms with van der Waals surface area (Å²) >= 11 is 0. The molecule has 1 nitrogen and oxygen atoms in total. The number of hydrogen-bond acceptors (Lipinski definition) is 1. The minimum Gasteiger partial charge on any atom is -0.547 e. The first-order valence-corrected chi connectivity index (χ1v) is 11.8. The zero-order valence-corrected chi connectivity index (χ0v) is 15.4. The molecule has 0 aromatic heterocycles. The van der Waals surface area contributed by atoms with Gasteiger partial charge in [0.2, 0.25) is 8.32 Å². The van der Waals surface area contributed by atoms with Gasteiger partial charge >= 0.3 is 0 Å². The summed E-state index contributed by atoms with van der Waals surface area (Å²) in [5.41, 5.74) is 7.61. The third-order valence-electron chi connectivity index (χ3n) is 3.63. The number of unbranched alkanes of at least 4 members (excludes halogenated alkanes) is 1. The molecule has 0 saturated heterocycles. The van der Waals surface area contributed by atoms with Crippen molar-refractivity contribution in [1.29, 1.82) is 0 Å². The van der Waals surface area contributed by atoms with Crippen LogP contribution in [-0.4, -0.2) is 8.32 Å². The minimum absolute atomic E-state index is 1.03. The van der Waals surface area contributed by atoms with E-state index >= 15 is 0 Å². The first kappa shape index (κ1) is 16.9. The van der Waals surface area contributed by atoms with Gasteiger partial charge in [-0.25, -0.2) is 0 Å². The molecule has 0 aliphatic heterocycles. The molecule has 0 amide bonds. The molecule has 1 aromatic carbocycles. The van der Waals surface area contributed by atoms with Crippen LogP contribution in [0.3, 0.4) is 0 Å². The monoisotopic (exact) mass is 312 g/mol. The first-order valence-electron chi connectivity index (χ1n) is 8.41. The molecule has 1 aliphatic rings. The Morgan fingerprint density at radius 2 is 1.86 bits per heavy atom. The molecule has 0 atom stereocenters. The average molecular weight is 313 g/mol. The molecule has 22 heavy (non-hydrogen) atoms. The molecule has 2 rings (SSSR count). The van der Waals surface area contributed by atoms with Gasteiger partial charge in [0, 0.05) is 12.0 Å². The SMILES string of the molecule is CCCCC(=C=C1C=C(O[Si](C)(C)C)CC1)c1ccccc1. The van der Waals surface area contributed by atoms with Gasteiger partial charge in [-0.05, 0) is 56.1 Å². The van der Waals surface area contributed by atoms with E-state index in [4.69, 9.17) is 4.43 Å². The summed E-state index contributed by atoms with van der Waals surface area (Å²) in [5.74, 6) is 1.16. The Labute approximate surface area is 136 Å². The topological polar surface area (TPSA) is 9.23 Å². The molecule has 118 valence electrons. The zero-order valence-electron chi connectivity index (χ0n) is 14.4. The van der Waals surface area contributed by atoms with Gasteiger partial charge in [0.25, 0.3) is 0 Å². The van der Waals surface area contributed by atoms with E-state index in [0.717, 1.165) is 25.0 Å². The van der Waals surface area contributed by atoms with Crippen LogP contribution in [-0.2, 0) is 4.43 Å². The predicted molar refractivity (Wildman–Crippen MR) is 98.1 cm³/mol. The maximum absolute atomic E-state index is 6.13. The molecule has 0 bridgehead atoms. The van der Waals surface area contributed by atoms with E-state index in [0.29, 0.717) is 0 Å². The summed E-state index contributed by atoms with van der Waals surface area (Å²) in [7, 11) is -1.49. The molecule has 0 fully saturated rings. The van der Waals surface area contributed by atoms with Crippen LogP contribution < -0.4 is 0 Å². The summed E-state index contributed by atoms with van der Waals surface area (Å²) in [6.07, 6.45) is 7.83. The molecule has 0 spiro atoms. The van der Waals surface area contributed by atoms with Gasteiger partial charge in [0.05, 0.1) is 5.76 Å². The molecule has 0 heterocycles. The van der Waals surface area contributed by atoms with E-state index in [1.165, 1.54) is 29.6 Å². The zero-order chi connectivity index (χ0) is 16.0. The number of allylic oxidation sites excluding steroid dienone is 3. The highest BCUT2D eigenvalue weighted by Crippen LogP contribution is 2.28. The van der Waals surface area contributed by atoms with Crippen LogP contribution in [0.2, 0.25) is 19.6 Å². The van der Waals surface area contributed by atoms with E-state index in [-0.39, 0.29) is 0 Å². The second-order valence-corrected chi connectivity index (χ2v) is 11.4. The van der Waals surface area contributed by atoms with Crippen LogP contribution in [0.5, 0.6) is 0 Å². The van der Waals surface area contributed by atoms with E-state index in [1.54, 1.807) is 0 Å². The van der Waals surface area contributed by atoms with Crippen LogP contribution >= 0.6 is 0 Å². The molecular weight excluding hydrogens is 284 g/mol. The lowest BCUT2D eigenvalue weighted by molar-refractivity contribution is 0.408. The van der Waals surface area contributed by atoms with Gasteiger partial charge in [0.1, 0.15) is 0 Å². The predicted octanol–water partition coefficient (Wildman–Crippen LogP) is 6.31.